The van der Waals surface area contributed by atoms with Crippen LogP contribution in [0.4, 0.5) is 11.4 Å². The minimum atomic E-state index is -0.0771. The summed E-state index contributed by atoms with van der Waals surface area (Å²) >= 11 is 0. The zero-order valence-corrected chi connectivity index (χ0v) is 29.9. The molecule has 2 atom stereocenters. The van der Waals surface area contributed by atoms with E-state index in [0.29, 0.717) is 5.56 Å². The van der Waals surface area contributed by atoms with Gasteiger partial charge >= 0.3 is 0 Å². The van der Waals surface area contributed by atoms with Gasteiger partial charge in [-0.05, 0) is 125 Å². The molecule has 11 rings (SSSR count). The van der Waals surface area contributed by atoms with Gasteiger partial charge < -0.3 is 4.90 Å². The van der Waals surface area contributed by atoms with Gasteiger partial charge in [0.1, 0.15) is 6.17 Å². The number of dihydropyridines is 1. The molecule has 3 nitrogen and oxygen atoms in total. The van der Waals surface area contributed by atoms with Crippen molar-refractivity contribution in [2.45, 2.75) is 12.1 Å². The van der Waals surface area contributed by atoms with E-state index in [0.717, 1.165) is 27.9 Å². The molecular weight excluding hydrogens is 667 g/mol. The second-order valence-corrected chi connectivity index (χ2v) is 14.6. The van der Waals surface area contributed by atoms with Crippen molar-refractivity contribution >= 4 is 60.7 Å². The molecule has 256 valence electrons. The lowest BCUT2D eigenvalue weighted by Gasteiger charge is -2.28. The lowest BCUT2D eigenvalue weighted by molar-refractivity contribution is 0.659. The standard InChI is InChI=1S/C52H33N3/c53-32-40-30-41(55-49-18-8-7-14-43(49)47-17-9-27-54-52(47)55)24-26-42(40)37-23-25-46-48(31-37)51(39-22-20-34-11-2-4-13-36(34)29-39)45-16-6-5-15-44(45)50(46)38-21-19-33-10-1-3-12-35(33)28-38/h1-31,47,52H. The minimum absolute atomic E-state index is 0.0771. The van der Waals surface area contributed by atoms with E-state index in [1.807, 2.05) is 18.4 Å². The van der Waals surface area contributed by atoms with Crippen LogP contribution in [0.3, 0.4) is 0 Å². The fraction of sp³-hybridized carbons (Fsp3) is 0.0385. The smallest absolute Gasteiger partial charge is 0.135 e. The van der Waals surface area contributed by atoms with E-state index >= 15 is 0 Å². The third-order valence-corrected chi connectivity index (χ3v) is 11.6. The summed E-state index contributed by atoms with van der Waals surface area (Å²) in [5.41, 5.74) is 10.7. The predicted molar refractivity (Wildman–Crippen MR) is 230 cm³/mol. The largest absolute Gasteiger partial charge is 0.318 e. The van der Waals surface area contributed by atoms with Crippen molar-refractivity contribution in [2.24, 2.45) is 4.99 Å². The number of para-hydroxylation sites is 1. The first-order valence-corrected chi connectivity index (χ1v) is 18.8. The highest BCUT2D eigenvalue weighted by molar-refractivity contribution is 6.22. The fourth-order valence-electron chi connectivity index (χ4n) is 9.10. The van der Waals surface area contributed by atoms with Crippen LogP contribution < -0.4 is 4.90 Å². The van der Waals surface area contributed by atoms with Crippen molar-refractivity contribution in [1.29, 1.82) is 5.26 Å². The molecule has 0 aromatic heterocycles. The van der Waals surface area contributed by atoms with E-state index in [-0.39, 0.29) is 12.1 Å². The van der Waals surface area contributed by atoms with Gasteiger partial charge in [0.25, 0.3) is 0 Å². The van der Waals surface area contributed by atoms with Gasteiger partial charge in [0.05, 0.1) is 11.6 Å². The maximum Gasteiger partial charge on any atom is 0.135 e. The number of fused-ring (bicyclic) bond motifs is 7. The third-order valence-electron chi connectivity index (χ3n) is 11.6. The molecule has 0 aliphatic carbocycles. The van der Waals surface area contributed by atoms with E-state index in [2.05, 4.69) is 181 Å². The summed E-state index contributed by atoms with van der Waals surface area (Å²) in [4.78, 5) is 7.18. The molecule has 2 aliphatic heterocycles. The van der Waals surface area contributed by atoms with Crippen LogP contribution in [0.1, 0.15) is 17.0 Å². The molecule has 9 aromatic carbocycles. The van der Waals surface area contributed by atoms with Gasteiger partial charge in [-0.3, -0.25) is 4.99 Å². The Kier molecular flexibility index (Phi) is 7.05. The predicted octanol–water partition coefficient (Wildman–Crippen LogP) is 13.4. The number of rotatable bonds is 4. The first-order valence-electron chi connectivity index (χ1n) is 18.8. The maximum atomic E-state index is 10.7. The maximum absolute atomic E-state index is 10.7. The molecule has 0 spiro atoms. The second-order valence-electron chi connectivity index (χ2n) is 14.6. The number of hydrogen-bond acceptors (Lipinski definition) is 3. The lowest BCUT2D eigenvalue weighted by Crippen LogP contribution is -2.29. The van der Waals surface area contributed by atoms with Gasteiger partial charge in [0.2, 0.25) is 0 Å². The molecule has 0 bridgehead atoms. The summed E-state index contributed by atoms with van der Waals surface area (Å²) < 4.78 is 0. The Hall–Kier alpha value is -7.28. The topological polar surface area (TPSA) is 39.4 Å². The molecule has 55 heavy (non-hydrogen) atoms. The summed E-state index contributed by atoms with van der Waals surface area (Å²) in [6, 6.07) is 63.7. The van der Waals surface area contributed by atoms with E-state index in [4.69, 9.17) is 4.99 Å². The van der Waals surface area contributed by atoms with Gasteiger partial charge in [-0.1, -0.05) is 140 Å². The van der Waals surface area contributed by atoms with Crippen LogP contribution in [0.25, 0.3) is 76.5 Å². The Morgan fingerprint density at radius 1 is 0.509 bits per heavy atom. The Balaban J connectivity index is 1.15. The fourth-order valence-corrected chi connectivity index (χ4v) is 9.10. The van der Waals surface area contributed by atoms with E-state index in [9.17, 15) is 5.26 Å². The molecule has 2 heterocycles. The zero-order chi connectivity index (χ0) is 36.5. The van der Waals surface area contributed by atoms with Crippen molar-refractivity contribution in [3.05, 3.63) is 193 Å². The van der Waals surface area contributed by atoms with E-state index in [1.54, 1.807) is 0 Å². The SMILES string of the molecule is N#Cc1cc(N2c3ccccc3C3C=CC=NC32)ccc1-c1ccc2c(-c3ccc4ccccc4c3)c3ccccc3c(-c3ccc4ccccc4c3)c2c1. The number of benzene rings is 9. The highest BCUT2D eigenvalue weighted by Crippen LogP contribution is 2.49. The Labute approximate surface area is 319 Å². The Morgan fingerprint density at radius 2 is 1.11 bits per heavy atom. The zero-order valence-electron chi connectivity index (χ0n) is 29.9. The summed E-state index contributed by atoms with van der Waals surface area (Å²) in [5.74, 6) is 0.173. The van der Waals surface area contributed by atoms with Crippen molar-refractivity contribution in [1.82, 2.24) is 0 Å². The second kappa shape index (κ2) is 12.4. The van der Waals surface area contributed by atoms with Crippen LogP contribution in [-0.4, -0.2) is 12.4 Å². The van der Waals surface area contributed by atoms with Crippen LogP contribution in [-0.2, 0) is 0 Å². The Morgan fingerprint density at radius 3 is 1.82 bits per heavy atom. The van der Waals surface area contributed by atoms with Gasteiger partial charge in [-0.2, -0.15) is 5.26 Å². The molecule has 3 heteroatoms. The molecule has 2 unspecified atom stereocenters. The molecule has 0 fully saturated rings. The van der Waals surface area contributed by atoms with Crippen LogP contribution in [0, 0.1) is 11.3 Å². The lowest BCUT2D eigenvalue weighted by atomic mass is 9.84. The number of anilines is 2. The number of aliphatic imine (C=N–C) groups is 1. The number of allylic oxidation sites excluding steroid dienone is 1. The molecule has 0 saturated carbocycles. The molecule has 9 aromatic rings. The van der Waals surface area contributed by atoms with Crippen molar-refractivity contribution in [3.63, 3.8) is 0 Å². The van der Waals surface area contributed by atoms with E-state index in [1.165, 1.54) is 65.5 Å². The van der Waals surface area contributed by atoms with E-state index < -0.39 is 0 Å². The summed E-state index contributed by atoms with van der Waals surface area (Å²) in [6.45, 7) is 0. The normalized spacial score (nSPS) is 15.8. The summed E-state index contributed by atoms with van der Waals surface area (Å²) in [6.07, 6.45) is 6.07. The molecular formula is C52H33N3. The molecule has 0 amide bonds. The first kappa shape index (κ1) is 31.3. The molecule has 0 radical (unpaired) electrons. The average molecular weight is 700 g/mol. The third kappa shape index (κ3) is 4.93. The summed E-state index contributed by atoms with van der Waals surface area (Å²) in [7, 11) is 0. The van der Waals surface area contributed by atoms with Crippen molar-refractivity contribution < 1.29 is 0 Å². The van der Waals surface area contributed by atoms with Crippen LogP contribution in [0.5, 0.6) is 0 Å². The Bertz CT molecular complexity index is 3140. The molecule has 0 N–H and O–H groups in total. The van der Waals surface area contributed by atoms with Gasteiger partial charge in [-0.15, -0.1) is 0 Å². The van der Waals surface area contributed by atoms with Gasteiger partial charge in [0, 0.05) is 23.5 Å². The highest BCUT2D eigenvalue weighted by Gasteiger charge is 2.38. The number of nitrogens with zero attached hydrogens (tertiary/aromatic N) is 3. The highest BCUT2D eigenvalue weighted by atomic mass is 15.3. The van der Waals surface area contributed by atoms with Crippen molar-refractivity contribution in [2.75, 3.05) is 4.90 Å². The number of nitriles is 1. The quantitative estimate of drug-likeness (QED) is 0.172. The van der Waals surface area contributed by atoms with Crippen molar-refractivity contribution in [3.8, 4) is 39.4 Å². The molecule has 2 aliphatic rings. The van der Waals surface area contributed by atoms with Gasteiger partial charge in [0.15, 0.2) is 0 Å². The monoisotopic (exact) mass is 699 g/mol. The number of hydrogen-bond donors (Lipinski definition) is 0. The van der Waals surface area contributed by atoms with Gasteiger partial charge in [-0.25, -0.2) is 0 Å². The summed E-state index contributed by atoms with van der Waals surface area (Å²) in [5, 5.41) is 20.3. The van der Waals surface area contributed by atoms with Crippen LogP contribution in [0.15, 0.2) is 187 Å². The molecule has 0 saturated heterocycles. The van der Waals surface area contributed by atoms with Crippen LogP contribution in [0.2, 0.25) is 0 Å². The first-order chi connectivity index (χ1) is 27.2. The minimum Gasteiger partial charge on any atom is -0.318 e. The van der Waals surface area contributed by atoms with Crippen LogP contribution >= 0.6 is 0 Å². The average Bonchev–Trinajstić information content (AvgIpc) is 3.59.